The van der Waals surface area contributed by atoms with E-state index in [-0.39, 0.29) is 0 Å². The van der Waals surface area contributed by atoms with E-state index in [1.165, 1.54) is 0 Å². The van der Waals surface area contributed by atoms with E-state index >= 15 is 0 Å². The Labute approximate surface area is 121 Å². The number of nitrogens with one attached hydrogen (secondary N) is 1. The van der Waals surface area contributed by atoms with Gasteiger partial charge in [0.05, 0.1) is 6.61 Å². The first-order valence-electron chi connectivity index (χ1n) is 7.40. The van der Waals surface area contributed by atoms with Crippen LogP contribution in [0, 0.1) is 0 Å². The Hall–Kier alpha value is -1.17. The highest BCUT2D eigenvalue weighted by molar-refractivity contribution is 5.38. The molecule has 1 aliphatic rings. The van der Waals surface area contributed by atoms with Gasteiger partial charge >= 0.3 is 0 Å². The first kappa shape index (κ1) is 15.2. The van der Waals surface area contributed by atoms with Gasteiger partial charge in [-0.3, -0.25) is 4.90 Å². The molecule has 1 saturated heterocycles. The molecule has 0 saturated carbocycles. The Morgan fingerprint density at radius 3 is 2.75 bits per heavy atom. The number of pyridine rings is 1. The van der Waals surface area contributed by atoms with Crippen LogP contribution in [0.15, 0.2) is 24.4 Å². The van der Waals surface area contributed by atoms with Crippen LogP contribution in [0.1, 0.15) is 6.92 Å². The Kier molecular flexibility index (Phi) is 6.24. The summed E-state index contributed by atoms with van der Waals surface area (Å²) in [5, 5.41) is 3.48. The number of anilines is 1. The molecule has 0 aliphatic carbocycles. The number of hydrogen-bond donors (Lipinski definition) is 1. The summed E-state index contributed by atoms with van der Waals surface area (Å²) in [6.45, 7) is 9.39. The molecule has 1 aliphatic heterocycles. The van der Waals surface area contributed by atoms with E-state index in [0.29, 0.717) is 6.04 Å². The molecule has 0 bridgehead atoms. The molecule has 0 amide bonds. The lowest BCUT2D eigenvalue weighted by Gasteiger charge is -2.35. The molecular weight excluding hydrogens is 252 g/mol. The van der Waals surface area contributed by atoms with E-state index in [4.69, 9.17) is 4.74 Å². The number of hydrogen-bond acceptors (Lipinski definition) is 5. The van der Waals surface area contributed by atoms with Gasteiger partial charge in [0.2, 0.25) is 0 Å². The molecule has 1 atom stereocenters. The average molecular weight is 278 g/mol. The van der Waals surface area contributed by atoms with Crippen molar-refractivity contribution >= 4 is 5.82 Å². The molecule has 5 heteroatoms. The number of ether oxygens (including phenoxy) is 1. The zero-order chi connectivity index (χ0) is 14.2. The lowest BCUT2D eigenvalue weighted by molar-refractivity contribution is 0.168. The minimum atomic E-state index is 0.426. The van der Waals surface area contributed by atoms with E-state index in [0.717, 1.165) is 51.7 Å². The molecular formula is C15H26N4O. The average Bonchev–Trinajstić information content (AvgIpc) is 2.49. The monoisotopic (exact) mass is 278 g/mol. The highest BCUT2D eigenvalue weighted by Crippen LogP contribution is 2.11. The number of piperazine rings is 1. The predicted molar refractivity (Wildman–Crippen MR) is 82.2 cm³/mol. The highest BCUT2D eigenvalue weighted by atomic mass is 16.5. The lowest BCUT2D eigenvalue weighted by Crippen LogP contribution is -2.49. The van der Waals surface area contributed by atoms with Gasteiger partial charge in [0.1, 0.15) is 5.82 Å². The second-order valence-electron chi connectivity index (χ2n) is 5.33. The molecule has 0 spiro atoms. The summed E-state index contributed by atoms with van der Waals surface area (Å²) < 4.78 is 5.12. The van der Waals surface area contributed by atoms with Gasteiger partial charge in [0.15, 0.2) is 0 Å². The molecule has 1 aromatic rings. The summed E-state index contributed by atoms with van der Waals surface area (Å²) in [6.07, 6.45) is 1.86. The quantitative estimate of drug-likeness (QED) is 0.800. The largest absolute Gasteiger partial charge is 0.383 e. The van der Waals surface area contributed by atoms with Crippen molar-refractivity contribution in [2.45, 2.75) is 13.0 Å². The van der Waals surface area contributed by atoms with Crippen LogP contribution in [-0.2, 0) is 4.74 Å². The van der Waals surface area contributed by atoms with E-state index in [1.54, 1.807) is 7.11 Å². The van der Waals surface area contributed by atoms with Crippen LogP contribution in [0.2, 0.25) is 0 Å². The second-order valence-corrected chi connectivity index (χ2v) is 5.33. The Morgan fingerprint density at radius 1 is 1.30 bits per heavy atom. The first-order chi connectivity index (χ1) is 9.79. The van der Waals surface area contributed by atoms with E-state index in [2.05, 4.69) is 39.2 Å². The van der Waals surface area contributed by atoms with Crippen LogP contribution in [0.25, 0.3) is 0 Å². The van der Waals surface area contributed by atoms with E-state index < -0.39 is 0 Å². The summed E-state index contributed by atoms with van der Waals surface area (Å²) >= 11 is 0. The van der Waals surface area contributed by atoms with Gasteiger partial charge in [0.25, 0.3) is 0 Å². The van der Waals surface area contributed by atoms with Crippen molar-refractivity contribution in [1.82, 2.24) is 15.2 Å². The molecule has 0 aromatic carbocycles. The van der Waals surface area contributed by atoms with Gasteiger partial charge in [-0.15, -0.1) is 0 Å². The van der Waals surface area contributed by atoms with Crippen molar-refractivity contribution in [2.75, 3.05) is 57.9 Å². The normalized spacial score (nSPS) is 18.2. The van der Waals surface area contributed by atoms with E-state index in [9.17, 15) is 0 Å². The molecule has 2 heterocycles. The summed E-state index contributed by atoms with van der Waals surface area (Å²) in [6, 6.07) is 6.53. The first-order valence-corrected chi connectivity index (χ1v) is 7.40. The SMILES string of the molecule is COCC(C)NCCN1CCN(c2ccccn2)CC1. The summed E-state index contributed by atoms with van der Waals surface area (Å²) in [4.78, 5) is 9.28. The van der Waals surface area contributed by atoms with Gasteiger partial charge in [-0.25, -0.2) is 4.98 Å². The maximum absolute atomic E-state index is 5.12. The van der Waals surface area contributed by atoms with Crippen LogP contribution in [0.3, 0.4) is 0 Å². The smallest absolute Gasteiger partial charge is 0.128 e. The third-order valence-electron chi connectivity index (χ3n) is 3.68. The van der Waals surface area contributed by atoms with Gasteiger partial charge in [-0.05, 0) is 19.1 Å². The van der Waals surface area contributed by atoms with Crippen LogP contribution < -0.4 is 10.2 Å². The molecule has 1 fully saturated rings. The third-order valence-corrected chi connectivity index (χ3v) is 3.68. The minimum Gasteiger partial charge on any atom is -0.383 e. The molecule has 1 aromatic heterocycles. The van der Waals surface area contributed by atoms with Crippen LogP contribution in [0.4, 0.5) is 5.82 Å². The maximum Gasteiger partial charge on any atom is 0.128 e. The fraction of sp³-hybridized carbons (Fsp3) is 0.667. The number of nitrogens with zero attached hydrogens (tertiary/aromatic N) is 3. The third kappa shape index (κ3) is 4.74. The van der Waals surface area contributed by atoms with Crippen molar-refractivity contribution in [1.29, 1.82) is 0 Å². The summed E-state index contributed by atoms with van der Waals surface area (Å²) in [7, 11) is 1.75. The standard InChI is InChI=1S/C15H26N4O/c1-14(13-20-2)16-7-8-18-9-11-19(12-10-18)15-5-3-4-6-17-15/h3-6,14,16H,7-13H2,1-2H3. The zero-order valence-corrected chi connectivity index (χ0v) is 12.6. The van der Waals surface area contributed by atoms with Gasteiger partial charge in [-0.1, -0.05) is 6.07 Å². The number of methoxy groups -OCH3 is 1. The molecule has 2 rings (SSSR count). The van der Waals surface area contributed by atoms with Crippen LogP contribution in [-0.4, -0.2) is 68.9 Å². The number of rotatable bonds is 7. The molecule has 20 heavy (non-hydrogen) atoms. The Balaban J connectivity index is 1.65. The molecule has 112 valence electrons. The van der Waals surface area contributed by atoms with Crippen molar-refractivity contribution in [3.8, 4) is 0 Å². The molecule has 1 unspecified atom stereocenters. The minimum absolute atomic E-state index is 0.426. The second kappa shape index (κ2) is 8.19. The van der Waals surface area contributed by atoms with Gasteiger partial charge < -0.3 is 15.0 Å². The zero-order valence-electron chi connectivity index (χ0n) is 12.6. The Bertz CT molecular complexity index is 365. The number of aromatic nitrogens is 1. The highest BCUT2D eigenvalue weighted by Gasteiger charge is 2.17. The van der Waals surface area contributed by atoms with Crippen molar-refractivity contribution in [3.05, 3.63) is 24.4 Å². The van der Waals surface area contributed by atoms with E-state index in [1.807, 2.05) is 12.3 Å². The molecule has 1 N–H and O–H groups in total. The van der Waals surface area contributed by atoms with Gasteiger partial charge in [0, 0.05) is 58.6 Å². The maximum atomic E-state index is 5.12. The fourth-order valence-corrected chi connectivity index (χ4v) is 2.52. The van der Waals surface area contributed by atoms with Crippen molar-refractivity contribution in [2.24, 2.45) is 0 Å². The fourth-order valence-electron chi connectivity index (χ4n) is 2.52. The Morgan fingerprint density at radius 2 is 2.10 bits per heavy atom. The topological polar surface area (TPSA) is 40.6 Å². The van der Waals surface area contributed by atoms with Crippen LogP contribution >= 0.6 is 0 Å². The van der Waals surface area contributed by atoms with Crippen molar-refractivity contribution in [3.63, 3.8) is 0 Å². The van der Waals surface area contributed by atoms with Crippen molar-refractivity contribution < 1.29 is 4.74 Å². The summed E-state index contributed by atoms with van der Waals surface area (Å²) in [5.41, 5.74) is 0. The lowest BCUT2D eigenvalue weighted by atomic mass is 10.3. The predicted octanol–water partition coefficient (Wildman–Crippen LogP) is 0.828. The molecule has 0 radical (unpaired) electrons. The molecule has 5 nitrogen and oxygen atoms in total. The van der Waals surface area contributed by atoms with Gasteiger partial charge in [-0.2, -0.15) is 0 Å². The summed E-state index contributed by atoms with van der Waals surface area (Å²) in [5.74, 6) is 1.10. The van der Waals surface area contributed by atoms with Crippen LogP contribution in [0.5, 0.6) is 0 Å².